The fourth-order valence-corrected chi connectivity index (χ4v) is 2.46. The maximum Gasteiger partial charge on any atom is 0.256 e. The minimum Gasteiger partial charge on any atom is -0.302 e. The van der Waals surface area contributed by atoms with Gasteiger partial charge in [0.05, 0.1) is 10.7 Å². The maximum absolute atomic E-state index is 12.2. The highest BCUT2D eigenvalue weighted by atomic mass is 32.1. The number of rotatable bonds is 3. The van der Waals surface area contributed by atoms with E-state index in [1.807, 2.05) is 24.4 Å². The predicted octanol–water partition coefficient (Wildman–Crippen LogP) is 3.06. The van der Waals surface area contributed by atoms with E-state index in [0.717, 1.165) is 16.3 Å². The zero-order chi connectivity index (χ0) is 14.8. The van der Waals surface area contributed by atoms with Gasteiger partial charge >= 0.3 is 0 Å². The lowest BCUT2D eigenvalue weighted by molar-refractivity contribution is 0.102. The van der Waals surface area contributed by atoms with Crippen LogP contribution in [0.1, 0.15) is 21.1 Å². The van der Waals surface area contributed by atoms with E-state index < -0.39 is 0 Å². The third kappa shape index (κ3) is 2.82. The van der Waals surface area contributed by atoms with Crippen LogP contribution in [-0.4, -0.2) is 21.2 Å². The number of carbonyl (C=O) groups excluding carboxylic acids is 1. The van der Waals surface area contributed by atoms with Gasteiger partial charge in [0.15, 0.2) is 0 Å². The van der Waals surface area contributed by atoms with Gasteiger partial charge in [-0.25, -0.2) is 9.61 Å². The summed E-state index contributed by atoms with van der Waals surface area (Å²) in [6.45, 7) is 3.66. The molecule has 1 aromatic carbocycles. The zero-order valence-electron chi connectivity index (χ0n) is 11.5. The summed E-state index contributed by atoms with van der Waals surface area (Å²) in [5, 5.41) is 12.9. The van der Waals surface area contributed by atoms with Gasteiger partial charge in [-0.1, -0.05) is 17.3 Å². The first kappa shape index (κ1) is 13.4. The molecule has 6 nitrogen and oxygen atoms in total. The van der Waals surface area contributed by atoms with Crippen LogP contribution in [0.3, 0.4) is 0 Å². The van der Waals surface area contributed by atoms with E-state index in [9.17, 15) is 4.79 Å². The summed E-state index contributed by atoms with van der Waals surface area (Å²) in [7, 11) is 0. The van der Waals surface area contributed by atoms with Crippen molar-refractivity contribution in [2.45, 2.75) is 13.8 Å². The van der Waals surface area contributed by atoms with Gasteiger partial charge in [0.2, 0.25) is 5.82 Å². The van der Waals surface area contributed by atoms with Gasteiger partial charge in [-0.15, -0.1) is 11.3 Å². The Labute approximate surface area is 124 Å². The van der Waals surface area contributed by atoms with Gasteiger partial charge in [0.25, 0.3) is 5.91 Å². The summed E-state index contributed by atoms with van der Waals surface area (Å²) in [6.07, 6.45) is 0. The van der Waals surface area contributed by atoms with Gasteiger partial charge in [-0.05, 0) is 31.1 Å². The van der Waals surface area contributed by atoms with Gasteiger partial charge in [-0.3, -0.25) is 4.79 Å². The van der Waals surface area contributed by atoms with Gasteiger partial charge in [-0.2, -0.15) is 0 Å². The highest BCUT2D eigenvalue weighted by molar-refractivity contribution is 7.09. The van der Waals surface area contributed by atoms with Crippen molar-refractivity contribution < 1.29 is 9.42 Å². The van der Waals surface area contributed by atoms with Crippen LogP contribution < -0.4 is 5.32 Å². The highest BCUT2D eigenvalue weighted by Gasteiger charge is 2.12. The SMILES string of the molecule is Cc1nc(-c2cccc(C(=O)Nc3nonc3C)c2)cs1. The number of benzene rings is 1. The molecule has 0 spiro atoms. The number of aromatic nitrogens is 3. The van der Waals surface area contributed by atoms with Crippen molar-refractivity contribution >= 4 is 23.1 Å². The van der Waals surface area contributed by atoms with Gasteiger partial charge in [0.1, 0.15) is 5.69 Å². The Morgan fingerprint density at radius 3 is 2.81 bits per heavy atom. The molecule has 106 valence electrons. The van der Waals surface area contributed by atoms with Gasteiger partial charge < -0.3 is 5.32 Å². The molecule has 0 aliphatic carbocycles. The predicted molar refractivity (Wildman–Crippen MR) is 79.3 cm³/mol. The number of thiazole rings is 1. The third-order valence-corrected chi connectivity index (χ3v) is 3.70. The van der Waals surface area contributed by atoms with Crippen LogP contribution in [0.25, 0.3) is 11.3 Å². The molecule has 0 aliphatic heterocycles. The molecule has 3 aromatic rings. The van der Waals surface area contributed by atoms with Crippen molar-refractivity contribution in [2.24, 2.45) is 0 Å². The van der Waals surface area contributed by atoms with Crippen molar-refractivity contribution in [1.82, 2.24) is 15.3 Å². The largest absolute Gasteiger partial charge is 0.302 e. The van der Waals surface area contributed by atoms with Crippen molar-refractivity contribution in [3.05, 3.63) is 45.9 Å². The first-order valence-electron chi connectivity index (χ1n) is 6.26. The second-order valence-electron chi connectivity index (χ2n) is 4.48. The molecule has 0 aliphatic rings. The number of hydrogen-bond acceptors (Lipinski definition) is 6. The second-order valence-corrected chi connectivity index (χ2v) is 5.55. The van der Waals surface area contributed by atoms with Crippen molar-refractivity contribution in [2.75, 3.05) is 5.32 Å². The third-order valence-electron chi connectivity index (χ3n) is 2.92. The van der Waals surface area contributed by atoms with E-state index >= 15 is 0 Å². The molecule has 2 heterocycles. The lowest BCUT2D eigenvalue weighted by atomic mass is 10.1. The van der Waals surface area contributed by atoms with Gasteiger partial charge in [0, 0.05) is 16.5 Å². The van der Waals surface area contributed by atoms with E-state index in [-0.39, 0.29) is 5.91 Å². The number of anilines is 1. The number of nitrogens with one attached hydrogen (secondary N) is 1. The number of aryl methyl sites for hydroxylation is 2. The molecule has 0 unspecified atom stereocenters. The molecule has 0 fully saturated rings. The normalized spacial score (nSPS) is 10.6. The minimum atomic E-state index is -0.261. The van der Waals surface area contributed by atoms with Crippen LogP contribution in [0.4, 0.5) is 5.82 Å². The first-order chi connectivity index (χ1) is 10.1. The number of carbonyl (C=O) groups is 1. The van der Waals surface area contributed by atoms with E-state index in [4.69, 9.17) is 0 Å². The Kier molecular flexibility index (Phi) is 3.49. The van der Waals surface area contributed by atoms with Crippen LogP contribution >= 0.6 is 11.3 Å². The Morgan fingerprint density at radius 1 is 1.29 bits per heavy atom. The molecule has 1 N–H and O–H groups in total. The van der Waals surface area contributed by atoms with E-state index in [2.05, 4.69) is 25.2 Å². The molecule has 3 rings (SSSR count). The molecular weight excluding hydrogens is 288 g/mol. The number of nitrogens with zero attached hydrogens (tertiary/aromatic N) is 3. The number of amides is 1. The summed E-state index contributed by atoms with van der Waals surface area (Å²) in [5.41, 5.74) is 2.84. The van der Waals surface area contributed by atoms with Crippen molar-refractivity contribution in [3.63, 3.8) is 0 Å². The molecule has 0 bridgehead atoms. The quantitative estimate of drug-likeness (QED) is 0.804. The monoisotopic (exact) mass is 300 g/mol. The highest BCUT2D eigenvalue weighted by Crippen LogP contribution is 2.22. The Balaban J connectivity index is 1.86. The van der Waals surface area contributed by atoms with Crippen LogP contribution in [0, 0.1) is 13.8 Å². The average Bonchev–Trinajstić information content (AvgIpc) is 3.08. The molecular formula is C14H12N4O2S. The summed E-state index contributed by atoms with van der Waals surface area (Å²) in [5.74, 6) is 0.0671. The van der Waals surface area contributed by atoms with Crippen molar-refractivity contribution in [3.8, 4) is 11.3 Å². The Hall–Kier alpha value is -2.54. The topological polar surface area (TPSA) is 80.9 Å². The molecule has 2 aromatic heterocycles. The fraction of sp³-hybridized carbons (Fsp3) is 0.143. The summed E-state index contributed by atoms with van der Waals surface area (Å²) in [6, 6.07) is 7.29. The molecule has 0 saturated heterocycles. The second kappa shape index (κ2) is 5.45. The minimum absolute atomic E-state index is 0.261. The van der Waals surface area contributed by atoms with Crippen molar-refractivity contribution in [1.29, 1.82) is 0 Å². The standard InChI is InChI=1S/C14H12N4O2S/c1-8-13(18-20-17-8)16-14(19)11-5-3-4-10(6-11)12-7-21-9(2)15-12/h3-7H,1-2H3,(H,16,18,19). The molecule has 1 amide bonds. The molecule has 21 heavy (non-hydrogen) atoms. The van der Waals surface area contributed by atoms with Crippen LogP contribution in [0.5, 0.6) is 0 Å². The summed E-state index contributed by atoms with van der Waals surface area (Å²) >= 11 is 1.58. The molecule has 7 heteroatoms. The van der Waals surface area contributed by atoms with Crippen LogP contribution in [0.2, 0.25) is 0 Å². The first-order valence-corrected chi connectivity index (χ1v) is 7.14. The summed E-state index contributed by atoms with van der Waals surface area (Å²) in [4.78, 5) is 16.6. The van der Waals surface area contributed by atoms with E-state index in [1.165, 1.54) is 0 Å². The lowest BCUT2D eigenvalue weighted by Gasteiger charge is -2.03. The maximum atomic E-state index is 12.2. The lowest BCUT2D eigenvalue weighted by Crippen LogP contribution is -2.12. The fourth-order valence-electron chi connectivity index (χ4n) is 1.84. The van der Waals surface area contributed by atoms with Crippen LogP contribution in [-0.2, 0) is 0 Å². The molecule has 0 saturated carbocycles. The Morgan fingerprint density at radius 2 is 2.14 bits per heavy atom. The van der Waals surface area contributed by atoms with E-state index in [0.29, 0.717) is 17.1 Å². The molecule has 0 radical (unpaired) electrons. The van der Waals surface area contributed by atoms with Crippen LogP contribution in [0.15, 0.2) is 34.3 Å². The molecule has 0 atom stereocenters. The number of hydrogen-bond donors (Lipinski definition) is 1. The zero-order valence-corrected chi connectivity index (χ0v) is 12.3. The summed E-state index contributed by atoms with van der Waals surface area (Å²) < 4.78 is 4.55. The smallest absolute Gasteiger partial charge is 0.256 e. The average molecular weight is 300 g/mol. The Bertz CT molecular complexity index is 794. The van der Waals surface area contributed by atoms with E-state index in [1.54, 1.807) is 30.4 Å².